The molecule has 0 saturated carbocycles. The van der Waals surface area contributed by atoms with Gasteiger partial charge < -0.3 is 23.7 Å². The normalized spacial score (nSPS) is 22.7. The Morgan fingerprint density at radius 3 is 2.15 bits per heavy atom. The topological polar surface area (TPSA) is 40.2 Å². The first kappa shape index (κ1) is 20.6. The molecule has 150 valence electrons. The standard InChI is InChI=1S/C20H31BFNO4/c1-19(2)20(3,4)27-21(26-19)16-13-15(7-8-17(16)22)23-11-9-14(10-12-23)18(24-5)25-6/h7-8,13-14,18H,9-12H2,1-6H3. The van der Waals surface area contributed by atoms with Crippen molar-refractivity contribution in [2.75, 3.05) is 32.2 Å². The number of nitrogens with zero attached hydrogens (tertiary/aromatic N) is 1. The molecule has 2 fully saturated rings. The summed E-state index contributed by atoms with van der Waals surface area (Å²) in [6.45, 7) is 9.65. The molecule has 2 aliphatic rings. The molecule has 0 radical (unpaired) electrons. The number of piperidine rings is 1. The van der Waals surface area contributed by atoms with E-state index in [0.29, 0.717) is 11.4 Å². The zero-order valence-corrected chi connectivity index (χ0v) is 17.3. The van der Waals surface area contributed by atoms with Gasteiger partial charge in [-0.15, -0.1) is 0 Å². The molecule has 2 saturated heterocycles. The van der Waals surface area contributed by atoms with Crippen LogP contribution in [-0.2, 0) is 18.8 Å². The predicted molar refractivity (Wildman–Crippen MR) is 105 cm³/mol. The fraction of sp³-hybridized carbons (Fsp3) is 0.700. The lowest BCUT2D eigenvalue weighted by Gasteiger charge is -2.36. The smallest absolute Gasteiger partial charge is 0.399 e. The Labute approximate surface area is 162 Å². The zero-order chi connectivity index (χ0) is 19.8. The fourth-order valence-electron chi connectivity index (χ4n) is 3.79. The van der Waals surface area contributed by atoms with E-state index in [2.05, 4.69) is 4.90 Å². The van der Waals surface area contributed by atoms with Gasteiger partial charge in [-0.2, -0.15) is 0 Å². The average molecular weight is 379 g/mol. The molecule has 0 bridgehead atoms. The van der Waals surface area contributed by atoms with Gasteiger partial charge in [0.05, 0.1) is 11.2 Å². The van der Waals surface area contributed by atoms with Crippen molar-refractivity contribution in [1.29, 1.82) is 0 Å². The first-order valence-electron chi connectivity index (χ1n) is 9.64. The van der Waals surface area contributed by atoms with Crippen LogP contribution < -0.4 is 10.4 Å². The van der Waals surface area contributed by atoms with E-state index in [9.17, 15) is 4.39 Å². The van der Waals surface area contributed by atoms with Crippen LogP contribution in [0.5, 0.6) is 0 Å². The number of rotatable bonds is 5. The van der Waals surface area contributed by atoms with Crippen LogP contribution in [-0.4, -0.2) is 51.9 Å². The molecule has 3 rings (SSSR count). The molecular weight excluding hydrogens is 348 g/mol. The number of anilines is 1. The molecule has 0 unspecified atom stereocenters. The van der Waals surface area contributed by atoms with Crippen molar-refractivity contribution in [2.45, 2.75) is 58.0 Å². The van der Waals surface area contributed by atoms with Crippen LogP contribution in [0, 0.1) is 11.7 Å². The molecule has 0 amide bonds. The first-order valence-corrected chi connectivity index (χ1v) is 9.64. The van der Waals surface area contributed by atoms with E-state index in [1.54, 1.807) is 14.2 Å². The molecule has 0 aliphatic carbocycles. The van der Waals surface area contributed by atoms with Crippen LogP contribution in [0.4, 0.5) is 10.1 Å². The molecular formula is C20H31BFNO4. The zero-order valence-electron chi connectivity index (χ0n) is 17.3. The lowest BCUT2D eigenvalue weighted by atomic mass is 9.78. The second-order valence-corrected chi connectivity index (χ2v) is 8.46. The Morgan fingerprint density at radius 2 is 1.63 bits per heavy atom. The number of methoxy groups -OCH3 is 2. The van der Waals surface area contributed by atoms with Crippen molar-refractivity contribution in [3.05, 3.63) is 24.0 Å². The summed E-state index contributed by atoms with van der Waals surface area (Å²) in [4.78, 5) is 2.27. The quantitative estimate of drug-likeness (QED) is 0.581. The highest BCUT2D eigenvalue weighted by Crippen LogP contribution is 2.37. The fourth-order valence-corrected chi connectivity index (χ4v) is 3.79. The first-order chi connectivity index (χ1) is 12.7. The molecule has 5 nitrogen and oxygen atoms in total. The van der Waals surface area contributed by atoms with Gasteiger partial charge >= 0.3 is 7.12 Å². The molecule has 0 N–H and O–H groups in total. The van der Waals surface area contributed by atoms with Crippen molar-refractivity contribution < 1.29 is 23.2 Å². The lowest BCUT2D eigenvalue weighted by Crippen LogP contribution is -2.41. The number of ether oxygens (including phenoxy) is 2. The van der Waals surface area contributed by atoms with E-state index in [-0.39, 0.29) is 12.1 Å². The summed E-state index contributed by atoms with van der Waals surface area (Å²) in [5.74, 6) is 0.0743. The highest BCUT2D eigenvalue weighted by Gasteiger charge is 2.52. The third-order valence-corrected chi connectivity index (χ3v) is 6.24. The molecule has 1 aromatic rings. The van der Waals surface area contributed by atoms with Crippen molar-refractivity contribution in [3.63, 3.8) is 0 Å². The van der Waals surface area contributed by atoms with E-state index < -0.39 is 18.3 Å². The molecule has 0 aromatic heterocycles. The minimum atomic E-state index is -0.696. The lowest BCUT2D eigenvalue weighted by molar-refractivity contribution is -0.141. The van der Waals surface area contributed by atoms with Gasteiger partial charge in [0, 0.05) is 44.4 Å². The van der Waals surface area contributed by atoms with Crippen molar-refractivity contribution in [1.82, 2.24) is 0 Å². The summed E-state index contributed by atoms with van der Waals surface area (Å²) in [5.41, 5.74) is 0.465. The predicted octanol–water partition coefficient (Wildman–Crippen LogP) is 2.96. The van der Waals surface area contributed by atoms with Crippen LogP contribution >= 0.6 is 0 Å². The highest BCUT2D eigenvalue weighted by atomic mass is 19.1. The van der Waals surface area contributed by atoms with Crippen LogP contribution in [0.2, 0.25) is 0 Å². The van der Waals surface area contributed by atoms with Gasteiger partial charge in [0.2, 0.25) is 0 Å². The molecule has 0 spiro atoms. The van der Waals surface area contributed by atoms with Gasteiger partial charge in [0.15, 0.2) is 6.29 Å². The van der Waals surface area contributed by atoms with E-state index in [1.807, 2.05) is 39.8 Å². The monoisotopic (exact) mass is 379 g/mol. The number of hydrogen-bond donors (Lipinski definition) is 0. The maximum atomic E-state index is 14.5. The van der Waals surface area contributed by atoms with Gasteiger partial charge in [-0.25, -0.2) is 4.39 Å². The summed E-state index contributed by atoms with van der Waals surface area (Å²) in [7, 11) is 2.66. The van der Waals surface area contributed by atoms with Gasteiger partial charge in [-0.1, -0.05) is 0 Å². The number of hydrogen-bond acceptors (Lipinski definition) is 5. The van der Waals surface area contributed by atoms with Gasteiger partial charge in [-0.3, -0.25) is 0 Å². The van der Waals surface area contributed by atoms with Crippen molar-refractivity contribution >= 4 is 18.3 Å². The molecule has 0 atom stereocenters. The molecule has 2 aliphatic heterocycles. The Morgan fingerprint density at radius 1 is 1.07 bits per heavy atom. The Bertz CT molecular complexity index is 641. The van der Waals surface area contributed by atoms with E-state index in [4.69, 9.17) is 18.8 Å². The van der Waals surface area contributed by atoms with Crippen LogP contribution in [0.25, 0.3) is 0 Å². The van der Waals surface area contributed by atoms with Crippen LogP contribution in [0.1, 0.15) is 40.5 Å². The molecule has 1 aromatic carbocycles. The summed E-state index contributed by atoms with van der Waals surface area (Å²) < 4.78 is 37.4. The van der Waals surface area contributed by atoms with Gasteiger partial charge in [0.25, 0.3) is 0 Å². The Balaban J connectivity index is 1.74. The van der Waals surface area contributed by atoms with Crippen LogP contribution in [0.3, 0.4) is 0 Å². The maximum absolute atomic E-state index is 14.5. The average Bonchev–Trinajstić information content (AvgIpc) is 2.84. The van der Waals surface area contributed by atoms with Crippen LogP contribution in [0.15, 0.2) is 18.2 Å². The van der Waals surface area contributed by atoms with E-state index in [0.717, 1.165) is 31.6 Å². The second-order valence-electron chi connectivity index (χ2n) is 8.46. The molecule has 27 heavy (non-hydrogen) atoms. The van der Waals surface area contributed by atoms with Gasteiger partial charge in [-0.05, 0) is 58.7 Å². The Hall–Kier alpha value is -1.15. The van der Waals surface area contributed by atoms with Crippen molar-refractivity contribution in [3.8, 4) is 0 Å². The third kappa shape index (κ3) is 4.02. The number of benzene rings is 1. The third-order valence-electron chi connectivity index (χ3n) is 6.24. The summed E-state index contributed by atoms with van der Waals surface area (Å²) in [6, 6.07) is 5.20. The van der Waals surface area contributed by atoms with E-state index >= 15 is 0 Å². The summed E-state index contributed by atoms with van der Waals surface area (Å²) in [6.07, 6.45) is 1.77. The summed E-state index contributed by atoms with van der Waals surface area (Å²) in [5, 5.41) is 0. The largest absolute Gasteiger partial charge is 0.497 e. The SMILES string of the molecule is COC(OC)C1CCN(c2ccc(F)c(B3OC(C)(C)C(C)(C)O3)c2)CC1. The summed E-state index contributed by atoms with van der Waals surface area (Å²) >= 11 is 0. The number of halogens is 1. The highest BCUT2D eigenvalue weighted by molar-refractivity contribution is 6.62. The minimum absolute atomic E-state index is 0.166. The Kier molecular flexibility index (Phi) is 5.87. The van der Waals surface area contributed by atoms with Gasteiger partial charge in [0.1, 0.15) is 5.82 Å². The molecule has 7 heteroatoms. The minimum Gasteiger partial charge on any atom is -0.399 e. The maximum Gasteiger partial charge on any atom is 0.497 e. The molecule has 2 heterocycles. The second kappa shape index (κ2) is 7.70. The van der Waals surface area contributed by atoms with E-state index in [1.165, 1.54) is 6.07 Å². The van der Waals surface area contributed by atoms with Crippen molar-refractivity contribution in [2.24, 2.45) is 5.92 Å².